The number of carbonyl (C=O) groups excluding carboxylic acids is 1. The Kier molecular flexibility index (Phi) is 4.79. The predicted molar refractivity (Wildman–Crippen MR) is 120 cm³/mol. The first kappa shape index (κ1) is 19.9. The zero-order valence-corrected chi connectivity index (χ0v) is 18.1. The largest absolute Gasteiger partial charge is 0.490 e. The lowest BCUT2D eigenvalue weighted by Gasteiger charge is -2.22. The molecule has 3 aromatic rings. The minimum absolute atomic E-state index is 0.0410. The molecule has 1 unspecified atom stereocenters. The molecule has 0 saturated heterocycles. The second kappa shape index (κ2) is 7.69. The molecule has 1 aromatic carbocycles. The van der Waals surface area contributed by atoms with Crippen LogP contribution in [0.4, 0.5) is 10.2 Å². The van der Waals surface area contributed by atoms with Crippen LogP contribution in [0.2, 0.25) is 5.02 Å². The third-order valence-electron chi connectivity index (χ3n) is 7.25. The van der Waals surface area contributed by atoms with Crippen LogP contribution in [-0.2, 0) is 4.79 Å². The number of benzene rings is 1. The number of ether oxygens (including phenoxy) is 1. The summed E-state index contributed by atoms with van der Waals surface area (Å²) in [6.07, 6.45) is 7.45. The highest BCUT2D eigenvalue weighted by atomic mass is 35.5. The Labute approximate surface area is 190 Å². The van der Waals surface area contributed by atoms with Crippen LogP contribution in [0, 0.1) is 35.4 Å². The van der Waals surface area contributed by atoms with Crippen LogP contribution < -0.4 is 10.1 Å². The van der Waals surface area contributed by atoms with E-state index < -0.39 is 0 Å². The summed E-state index contributed by atoms with van der Waals surface area (Å²) in [5, 5.41) is 4.25. The Morgan fingerprint density at radius 2 is 1.94 bits per heavy atom. The van der Waals surface area contributed by atoms with Crippen LogP contribution in [-0.4, -0.2) is 22.0 Å². The summed E-state index contributed by atoms with van der Waals surface area (Å²) < 4.78 is 20.0. The molecule has 3 saturated carbocycles. The maximum absolute atomic E-state index is 13.7. The molecule has 2 heterocycles. The Morgan fingerprint density at radius 3 is 2.66 bits per heavy atom. The molecular weight excluding hydrogens is 429 g/mol. The lowest BCUT2D eigenvalue weighted by Crippen LogP contribution is -2.29. The molecule has 5 nitrogen and oxygen atoms in total. The van der Waals surface area contributed by atoms with E-state index in [0.717, 1.165) is 31.2 Å². The quantitative estimate of drug-likeness (QED) is 0.538. The van der Waals surface area contributed by atoms with Crippen LogP contribution in [0.15, 0.2) is 48.8 Å². The Hall–Kier alpha value is -2.73. The lowest BCUT2D eigenvalue weighted by molar-refractivity contribution is -0.121. The van der Waals surface area contributed by atoms with Gasteiger partial charge in [0.15, 0.2) is 0 Å². The molecule has 3 aliphatic carbocycles. The monoisotopic (exact) mass is 451 g/mol. The van der Waals surface area contributed by atoms with Gasteiger partial charge in [0, 0.05) is 23.7 Å². The Morgan fingerprint density at radius 1 is 1.12 bits per heavy atom. The van der Waals surface area contributed by atoms with Gasteiger partial charge in [-0.2, -0.15) is 0 Å². The summed E-state index contributed by atoms with van der Waals surface area (Å²) in [5.41, 5.74) is 0.728. The predicted octanol–water partition coefficient (Wildman–Crippen LogP) is 5.49. The summed E-state index contributed by atoms with van der Waals surface area (Å²) in [4.78, 5) is 21.6. The Bertz CT molecular complexity index is 1170. The molecule has 2 aromatic heterocycles. The molecule has 3 fully saturated rings. The third kappa shape index (κ3) is 3.71. The SMILES string of the molecule is O=C(Nc1ccc(Cl)cn1)C(C1CC1)[C@H]1[C@@H]2C[C@H](Oc3ccnc4ccc(F)cc34)C[C@@H]21. The minimum Gasteiger partial charge on any atom is -0.490 e. The van der Waals surface area contributed by atoms with E-state index in [2.05, 4.69) is 15.3 Å². The zero-order chi connectivity index (χ0) is 21.8. The maximum atomic E-state index is 13.7. The van der Waals surface area contributed by atoms with E-state index in [-0.39, 0.29) is 23.7 Å². The average Bonchev–Trinajstić information content (AvgIpc) is 3.69. The number of carbonyl (C=O) groups is 1. The van der Waals surface area contributed by atoms with Gasteiger partial charge in [-0.25, -0.2) is 9.37 Å². The van der Waals surface area contributed by atoms with Crippen LogP contribution >= 0.6 is 11.6 Å². The van der Waals surface area contributed by atoms with Crippen molar-refractivity contribution in [3.05, 3.63) is 59.6 Å². The van der Waals surface area contributed by atoms with Crippen molar-refractivity contribution in [1.82, 2.24) is 9.97 Å². The van der Waals surface area contributed by atoms with E-state index in [9.17, 15) is 9.18 Å². The number of halogens is 2. The van der Waals surface area contributed by atoms with E-state index in [1.165, 1.54) is 12.1 Å². The van der Waals surface area contributed by atoms with E-state index in [4.69, 9.17) is 16.3 Å². The number of rotatable bonds is 6. The molecule has 0 spiro atoms. The van der Waals surface area contributed by atoms with E-state index >= 15 is 0 Å². The summed E-state index contributed by atoms with van der Waals surface area (Å²) >= 11 is 5.90. The lowest BCUT2D eigenvalue weighted by atomic mass is 9.91. The van der Waals surface area contributed by atoms with Crippen molar-refractivity contribution < 1.29 is 13.9 Å². The van der Waals surface area contributed by atoms with Gasteiger partial charge in [0.1, 0.15) is 17.4 Å². The molecule has 6 rings (SSSR count). The minimum atomic E-state index is -0.293. The topological polar surface area (TPSA) is 64.1 Å². The van der Waals surface area contributed by atoms with Gasteiger partial charge < -0.3 is 10.1 Å². The number of pyridine rings is 2. The van der Waals surface area contributed by atoms with Gasteiger partial charge in [0.25, 0.3) is 0 Å². The number of fused-ring (bicyclic) bond motifs is 2. The smallest absolute Gasteiger partial charge is 0.229 e. The van der Waals surface area contributed by atoms with Gasteiger partial charge in [-0.3, -0.25) is 9.78 Å². The summed E-state index contributed by atoms with van der Waals surface area (Å²) in [5.74, 6) is 2.98. The standard InChI is InChI=1S/C25H23ClFN3O2/c26-14-3-6-22(29-12-14)30-25(31)23(13-1-2-13)24-17-10-16(11-18(17)24)32-21-7-8-28-20-5-4-15(27)9-19(20)21/h3-9,12-13,16-18,23-24H,1-2,10-11H2,(H,29,30,31)/t16-,17+,18-,23?,24-. The van der Waals surface area contributed by atoms with Crippen molar-refractivity contribution in [2.45, 2.75) is 31.8 Å². The van der Waals surface area contributed by atoms with E-state index in [0.29, 0.717) is 45.6 Å². The fourth-order valence-electron chi connectivity index (χ4n) is 5.66. The highest BCUT2D eigenvalue weighted by Crippen LogP contribution is 2.64. The van der Waals surface area contributed by atoms with Crippen LogP contribution in [0.25, 0.3) is 10.9 Å². The number of hydrogen-bond acceptors (Lipinski definition) is 4. The third-order valence-corrected chi connectivity index (χ3v) is 7.47. The maximum Gasteiger partial charge on any atom is 0.229 e. The van der Waals surface area contributed by atoms with Gasteiger partial charge in [0.05, 0.1) is 16.6 Å². The zero-order valence-electron chi connectivity index (χ0n) is 17.4. The highest BCUT2D eigenvalue weighted by Gasteiger charge is 2.63. The molecule has 0 aliphatic heterocycles. The molecule has 7 heteroatoms. The Balaban J connectivity index is 1.12. The van der Waals surface area contributed by atoms with Crippen molar-refractivity contribution in [2.75, 3.05) is 5.32 Å². The molecule has 3 aliphatic rings. The van der Waals surface area contributed by atoms with Gasteiger partial charge in [-0.05, 0) is 85.8 Å². The molecular formula is C25H23ClFN3O2. The van der Waals surface area contributed by atoms with E-state index in [1.54, 1.807) is 30.6 Å². The van der Waals surface area contributed by atoms with Crippen molar-refractivity contribution in [3.8, 4) is 5.75 Å². The fraction of sp³-hybridized carbons (Fsp3) is 0.400. The molecule has 0 radical (unpaired) electrons. The molecule has 164 valence electrons. The van der Waals surface area contributed by atoms with Gasteiger partial charge >= 0.3 is 0 Å². The second-order valence-corrected chi connectivity index (χ2v) is 9.74. The number of nitrogens with zero attached hydrogens (tertiary/aromatic N) is 2. The van der Waals surface area contributed by atoms with Crippen molar-refractivity contribution >= 4 is 34.2 Å². The first-order valence-electron chi connectivity index (χ1n) is 11.2. The number of aromatic nitrogens is 2. The summed E-state index contributed by atoms with van der Waals surface area (Å²) in [7, 11) is 0. The van der Waals surface area contributed by atoms with Crippen LogP contribution in [0.3, 0.4) is 0 Å². The molecule has 1 amide bonds. The van der Waals surface area contributed by atoms with Gasteiger partial charge in [-0.15, -0.1) is 0 Å². The normalized spacial score (nSPS) is 27.1. The van der Waals surface area contributed by atoms with Gasteiger partial charge in [0.2, 0.25) is 5.91 Å². The van der Waals surface area contributed by atoms with E-state index in [1.807, 2.05) is 6.07 Å². The first-order valence-corrected chi connectivity index (χ1v) is 11.6. The first-order chi connectivity index (χ1) is 15.6. The van der Waals surface area contributed by atoms with Crippen LogP contribution in [0.1, 0.15) is 25.7 Å². The number of amides is 1. The molecule has 32 heavy (non-hydrogen) atoms. The summed E-state index contributed by atoms with van der Waals surface area (Å²) in [6.45, 7) is 0. The van der Waals surface area contributed by atoms with Crippen molar-refractivity contribution in [3.63, 3.8) is 0 Å². The number of nitrogens with one attached hydrogen (secondary N) is 1. The molecule has 1 N–H and O–H groups in total. The second-order valence-electron chi connectivity index (χ2n) is 9.30. The number of anilines is 1. The fourth-order valence-corrected chi connectivity index (χ4v) is 5.78. The summed E-state index contributed by atoms with van der Waals surface area (Å²) in [6, 6.07) is 9.85. The van der Waals surface area contributed by atoms with Gasteiger partial charge in [-0.1, -0.05) is 11.6 Å². The van der Waals surface area contributed by atoms with Crippen molar-refractivity contribution in [2.24, 2.45) is 29.6 Å². The van der Waals surface area contributed by atoms with Crippen molar-refractivity contribution in [1.29, 1.82) is 0 Å². The molecule has 0 bridgehead atoms. The molecule has 5 atom stereocenters. The van der Waals surface area contributed by atoms with Crippen LogP contribution in [0.5, 0.6) is 5.75 Å². The average molecular weight is 452 g/mol. The highest BCUT2D eigenvalue weighted by molar-refractivity contribution is 6.30. The number of hydrogen-bond donors (Lipinski definition) is 1.